The number of hydrogen-bond acceptors (Lipinski definition) is 4. The summed E-state index contributed by atoms with van der Waals surface area (Å²) in [6.07, 6.45) is 5.02. The fourth-order valence-corrected chi connectivity index (χ4v) is 5.03. The second-order valence-corrected chi connectivity index (χ2v) is 19.7. The van der Waals surface area contributed by atoms with Gasteiger partial charge in [0.1, 0.15) is 0 Å². The molecule has 0 unspecified atom stereocenters. The maximum Gasteiger partial charge on any atom is 0.240 e. The van der Waals surface area contributed by atoms with E-state index in [1.54, 1.807) is 6.08 Å². The van der Waals surface area contributed by atoms with Crippen LogP contribution in [0, 0.1) is 0 Å². The van der Waals surface area contributed by atoms with E-state index in [-0.39, 0.29) is 22.3 Å². The van der Waals surface area contributed by atoms with Crippen LogP contribution < -0.4 is 0 Å². The van der Waals surface area contributed by atoms with E-state index in [1.807, 2.05) is 6.08 Å². The zero-order valence-corrected chi connectivity index (χ0v) is 19.8. The van der Waals surface area contributed by atoms with Gasteiger partial charge in [-0.25, -0.2) is 4.79 Å². The van der Waals surface area contributed by atoms with E-state index in [0.717, 1.165) is 12.1 Å². The van der Waals surface area contributed by atoms with Crippen LogP contribution in [0.25, 0.3) is 0 Å². The van der Waals surface area contributed by atoms with Crippen molar-refractivity contribution in [2.75, 3.05) is 0 Å². The van der Waals surface area contributed by atoms with Crippen LogP contribution in [-0.2, 0) is 13.6 Å². The molecule has 2 atom stereocenters. The van der Waals surface area contributed by atoms with Crippen molar-refractivity contribution < 1.29 is 13.6 Å². The fraction of sp³-hybridized carbons (Fsp3) is 0.842. The standard InChI is InChI=1S/C19H37NO3Si2/c1-18(2,3)24(7,8)22-16-12-11-15(20-14-21)13-17(16)23-25(9,10)19(4,5)6/h11,16-17H,12-13H2,1-10H3/t16-,17-/m1/s1. The molecule has 0 spiro atoms. The van der Waals surface area contributed by atoms with Crippen LogP contribution in [0.4, 0.5) is 0 Å². The van der Waals surface area contributed by atoms with Crippen molar-refractivity contribution in [1.29, 1.82) is 0 Å². The van der Waals surface area contributed by atoms with Crippen LogP contribution in [0.15, 0.2) is 16.8 Å². The molecule has 0 aromatic rings. The van der Waals surface area contributed by atoms with Crippen LogP contribution in [0.1, 0.15) is 54.4 Å². The zero-order valence-electron chi connectivity index (χ0n) is 17.8. The third-order valence-corrected chi connectivity index (χ3v) is 15.1. The van der Waals surface area contributed by atoms with Gasteiger partial charge in [0.05, 0.1) is 17.9 Å². The molecular formula is C19H37NO3Si2. The zero-order chi connectivity index (χ0) is 19.7. The van der Waals surface area contributed by atoms with Crippen LogP contribution in [0.5, 0.6) is 0 Å². The molecular weight excluding hydrogens is 346 g/mol. The Morgan fingerprint density at radius 2 is 1.40 bits per heavy atom. The van der Waals surface area contributed by atoms with Crippen molar-refractivity contribution in [1.82, 2.24) is 0 Å². The molecule has 0 heterocycles. The van der Waals surface area contributed by atoms with Crippen molar-refractivity contribution in [3.8, 4) is 0 Å². The van der Waals surface area contributed by atoms with E-state index in [9.17, 15) is 4.79 Å². The minimum atomic E-state index is -1.94. The molecule has 0 aliphatic heterocycles. The second kappa shape index (κ2) is 7.61. The molecule has 0 aromatic carbocycles. The first-order valence-electron chi connectivity index (χ1n) is 9.23. The molecule has 0 bridgehead atoms. The van der Waals surface area contributed by atoms with Crippen LogP contribution in [0.3, 0.4) is 0 Å². The lowest BCUT2D eigenvalue weighted by Crippen LogP contribution is -2.52. The monoisotopic (exact) mass is 383 g/mol. The van der Waals surface area contributed by atoms with E-state index in [2.05, 4.69) is 72.7 Å². The summed E-state index contributed by atoms with van der Waals surface area (Å²) in [5, 5.41) is 0.281. The summed E-state index contributed by atoms with van der Waals surface area (Å²) in [6, 6.07) is 0. The highest BCUT2D eigenvalue weighted by Crippen LogP contribution is 2.42. The Bertz CT molecular complexity index is 550. The Kier molecular flexibility index (Phi) is 6.85. The minimum absolute atomic E-state index is 0.0284. The molecule has 1 aliphatic carbocycles. The number of isocyanates is 1. The molecule has 0 saturated carbocycles. The van der Waals surface area contributed by atoms with Gasteiger partial charge < -0.3 is 8.85 Å². The number of rotatable bonds is 5. The lowest BCUT2D eigenvalue weighted by Gasteiger charge is -2.46. The van der Waals surface area contributed by atoms with Gasteiger partial charge in [0.2, 0.25) is 6.08 Å². The van der Waals surface area contributed by atoms with Gasteiger partial charge >= 0.3 is 0 Å². The summed E-state index contributed by atoms with van der Waals surface area (Å²) in [6.45, 7) is 22.6. The summed E-state index contributed by atoms with van der Waals surface area (Å²) in [5.41, 5.74) is 0.772. The Morgan fingerprint density at radius 3 is 1.80 bits per heavy atom. The SMILES string of the molecule is CC(C)(C)[Si](C)(C)O[C@@H]1CC=C(N=C=O)C[C@H]1O[Si](C)(C)C(C)(C)C. The molecule has 0 radical (unpaired) electrons. The maximum absolute atomic E-state index is 10.7. The molecule has 1 aliphatic rings. The highest BCUT2D eigenvalue weighted by atomic mass is 28.4. The fourth-order valence-electron chi connectivity index (χ4n) is 2.33. The van der Waals surface area contributed by atoms with Gasteiger partial charge in [0, 0.05) is 6.42 Å². The number of nitrogens with zero attached hydrogens (tertiary/aromatic N) is 1. The summed E-state index contributed by atoms with van der Waals surface area (Å²) in [4.78, 5) is 14.5. The van der Waals surface area contributed by atoms with E-state index in [1.165, 1.54) is 0 Å². The van der Waals surface area contributed by atoms with Crippen molar-refractivity contribution in [3.63, 3.8) is 0 Å². The number of aliphatic imine (C=N–C) groups is 1. The van der Waals surface area contributed by atoms with Gasteiger partial charge in [0.15, 0.2) is 16.6 Å². The molecule has 0 fully saturated rings. The van der Waals surface area contributed by atoms with Crippen LogP contribution in [-0.4, -0.2) is 34.9 Å². The summed E-state index contributed by atoms with van der Waals surface area (Å²) in [7, 11) is -3.84. The van der Waals surface area contributed by atoms with Gasteiger partial charge in [-0.2, -0.15) is 4.99 Å². The maximum atomic E-state index is 10.7. The predicted octanol–water partition coefficient (Wildman–Crippen LogP) is 5.78. The lowest BCUT2D eigenvalue weighted by atomic mass is 9.99. The van der Waals surface area contributed by atoms with Gasteiger partial charge in [-0.1, -0.05) is 47.6 Å². The molecule has 0 N–H and O–H groups in total. The van der Waals surface area contributed by atoms with E-state index >= 15 is 0 Å². The molecule has 4 nitrogen and oxygen atoms in total. The second-order valence-electron chi connectivity index (χ2n) is 10.2. The lowest BCUT2D eigenvalue weighted by molar-refractivity contribution is 0.0319. The summed E-state index contributed by atoms with van der Waals surface area (Å²) < 4.78 is 13.4. The molecule has 1 rings (SSSR count). The highest BCUT2D eigenvalue weighted by molar-refractivity contribution is 6.74. The van der Waals surface area contributed by atoms with Crippen molar-refractivity contribution >= 4 is 22.7 Å². The highest BCUT2D eigenvalue weighted by Gasteiger charge is 2.45. The van der Waals surface area contributed by atoms with Gasteiger partial charge in [-0.05, 0) is 42.7 Å². The smallest absolute Gasteiger partial charge is 0.240 e. The third-order valence-electron chi connectivity index (χ3n) is 6.10. The first-order chi connectivity index (χ1) is 11.1. The van der Waals surface area contributed by atoms with Gasteiger partial charge in [-0.3, -0.25) is 0 Å². The average molecular weight is 384 g/mol. The quantitative estimate of drug-likeness (QED) is 0.343. The molecule has 25 heavy (non-hydrogen) atoms. The normalized spacial score (nSPS) is 23.0. The molecule has 0 aromatic heterocycles. The van der Waals surface area contributed by atoms with Crippen LogP contribution >= 0.6 is 0 Å². The Labute approximate surface area is 156 Å². The predicted molar refractivity (Wildman–Crippen MR) is 110 cm³/mol. The molecule has 144 valence electrons. The van der Waals surface area contributed by atoms with Crippen molar-refractivity contribution in [3.05, 3.63) is 11.8 Å². The summed E-state index contributed by atoms with van der Waals surface area (Å²) >= 11 is 0. The summed E-state index contributed by atoms with van der Waals surface area (Å²) in [5.74, 6) is 0. The van der Waals surface area contributed by atoms with Crippen molar-refractivity contribution in [2.24, 2.45) is 4.99 Å². The molecule has 0 saturated heterocycles. The minimum Gasteiger partial charge on any atom is -0.411 e. The Hall–Kier alpha value is -0.526. The first-order valence-corrected chi connectivity index (χ1v) is 15.0. The van der Waals surface area contributed by atoms with Gasteiger partial charge in [0.25, 0.3) is 0 Å². The Morgan fingerprint density at radius 1 is 0.960 bits per heavy atom. The van der Waals surface area contributed by atoms with Crippen molar-refractivity contribution in [2.45, 2.75) is 103 Å². The number of carbonyl (C=O) groups excluding carboxylic acids is 1. The topological polar surface area (TPSA) is 47.9 Å². The number of hydrogen-bond donors (Lipinski definition) is 0. The van der Waals surface area contributed by atoms with Crippen LogP contribution in [0.2, 0.25) is 36.3 Å². The Balaban J connectivity index is 3.09. The molecule has 6 heteroatoms. The van der Waals surface area contributed by atoms with Gasteiger partial charge in [-0.15, -0.1) is 0 Å². The largest absolute Gasteiger partial charge is 0.411 e. The van der Waals surface area contributed by atoms with E-state index < -0.39 is 16.6 Å². The van der Waals surface area contributed by atoms with E-state index in [4.69, 9.17) is 8.85 Å². The first kappa shape index (κ1) is 22.5. The van der Waals surface area contributed by atoms with E-state index in [0.29, 0.717) is 6.42 Å². The average Bonchev–Trinajstić information content (AvgIpc) is 2.39. The third kappa shape index (κ3) is 5.73. The molecule has 0 amide bonds.